The lowest BCUT2D eigenvalue weighted by atomic mass is 9.70. The molecule has 0 bridgehead atoms. The standard InChI is InChI=1S/C24H28N4O2/c1-30-20-9-7-8-19(14-20)28-16-18(25-26-28)15-27-17-23(29)21-10-3-4-11-22(21)24(27)12-5-2-6-13-24/h3-4,7-11,14,16,23,29H,2,5-6,12-13,15,17H2,1H3. The second-order valence-electron chi connectivity index (χ2n) is 8.43. The van der Waals surface area contributed by atoms with Crippen LogP contribution < -0.4 is 4.74 Å². The fourth-order valence-corrected chi connectivity index (χ4v) is 5.25. The number of aromatic nitrogens is 3. The Kier molecular flexibility index (Phi) is 5.05. The highest BCUT2D eigenvalue weighted by molar-refractivity contribution is 5.40. The molecule has 2 aromatic carbocycles. The van der Waals surface area contributed by atoms with E-state index < -0.39 is 6.10 Å². The SMILES string of the molecule is COc1cccc(-n2cc(CN3CC(O)c4ccccc4C34CCCCC4)nn2)c1. The summed E-state index contributed by atoms with van der Waals surface area (Å²) in [7, 11) is 1.66. The minimum Gasteiger partial charge on any atom is -0.497 e. The molecular weight excluding hydrogens is 376 g/mol. The predicted octanol–water partition coefficient (Wildman–Crippen LogP) is 3.98. The van der Waals surface area contributed by atoms with Gasteiger partial charge in [0.15, 0.2) is 0 Å². The van der Waals surface area contributed by atoms with E-state index in [0.717, 1.165) is 35.5 Å². The van der Waals surface area contributed by atoms with Gasteiger partial charge in [-0.1, -0.05) is 54.8 Å². The molecule has 30 heavy (non-hydrogen) atoms. The van der Waals surface area contributed by atoms with Crippen LogP contribution in [-0.2, 0) is 12.1 Å². The quantitative estimate of drug-likeness (QED) is 0.713. The highest BCUT2D eigenvalue weighted by Gasteiger charge is 2.45. The number of ether oxygens (including phenoxy) is 1. The summed E-state index contributed by atoms with van der Waals surface area (Å²) in [6.07, 6.45) is 7.49. The summed E-state index contributed by atoms with van der Waals surface area (Å²) in [4.78, 5) is 2.44. The summed E-state index contributed by atoms with van der Waals surface area (Å²) in [6.45, 7) is 1.30. The Labute approximate surface area is 177 Å². The molecule has 1 unspecified atom stereocenters. The first-order valence-electron chi connectivity index (χ1n) is 10.8. The summed E-state index contributed by atoms with van der Waals surface area (Å²) in [6, 6.07) is 16.2. The van der Waals surface area contributed by atoms with Gasteiger partial charge in [-0.25, -0.2) is 4.68 Å². The first-order valence-corrected chi connectivity index (χ1v) is 10.8. The molecule has 1 fully saturated rings. The van der Waals surface area contributed by atoms with Crippen molar-refractivity contribution in [3.8, 4) is 11.4 Å². The Morgan fingerprint density at radius 2 is 1.93 bits per heavy atom. The molecule has 1 spiro atoms. The summed E-state index contributed by atoms with van der Waals surface area (Å²) < 4.78 is 7.12. The third kappa shape index (κ3) is 3.30. The van der Waals surface area contributed by atoms with Crippen molar-refractivity contribution in [1.82, 2.24) is 19.9 Å². The number of aliphatic hydroxyl groups excluding tert-OH is 1. The van der Waals surface area contributed by atoms with Crippen molar-refractivity contribution in [3.05, 3.63) is 71.5 Å². The normalized spacial score (nSPS) is 20.8. The van der Waals surface area contributed by atoms with E-state index in [2.05, 4.69) is 33.4 Å². The zero-order chi connectivity index (χ0) is 20.6. The Balaban J connectivity index is 1.46. The summed E-state index contributed by atoms with van der Waals surface area (Å²) in [5, 5.41) is 19.7. The van der Waals surface area contributed by atoms with Crippen LogP contribution in [0.3, 0.4) is 0 Å². The molecule has 5 rings (SSSR count). The van der Waals surface area contributed by atoms with E-state index in [-0.39, 0.29) is 5.54 Å². The van der Waals surface area contributed by atoms with Crippen LogP contribution in [0.25, 0.3) is 5.69 Å². The van der Waals surface area contributed by atoms with Gasteiger partial charge >= 0.3 is 0 Å². The molecule has 1 aliphatic carbocycles. The van der Waals surface area contributed by atoms with Gasteiger partial charge in [0.1, 0.15) is 5.75 Å². The minimum absolute atomic E-state index is 0.0200. The van der Waals surface area contributed by atoms with Crippen LogP contribution >= 0.6 is 0 Å². The number of nitrogens with zero attached hydrogens (tertiary/aromatic N) is 4. The molecule has 0 radical (unpaired) electrons. The lowest BCUT2D eigenvalue weighted by Gasteiger charge is -2.51. The third-order valence-corrected chi connectivity index (χ3v) is 6.71. The lowest BCUT2D eigenvalue weighted by molar-refractivity contribution is -0.0215. The summed E-state index contributed by atoms with van der Waals surface area (Å²) in [5.74, 6) is 0.793. The molecule has 156 valence electrons. The number of methoxy groups -OCH3 is 1. The van der Waals surface area contributed by atoms with E-state index in [1.165, 1.54) is 24.8 Å². The van der Waals surface area contributed by atoms with Gasteiger partial charge in [0, 0.05) is 24.7 Å². The fourth-order valence-electron chi connectivity index (χ4n) is 5.25. The van der Waals surface area contributed by atoms with E-state index in [1.807, 2.05) is 36.5 Å². The van der Waals surface area contributed by atoms with Crippen molar-refractivity contribution >= 4 is 0 Å². The van der Waals surface area contributed by atoms with Gasteiger partial charge in [0.05, 0.1) is 30.8 Å². The Morgan fingerprint density at radius 1 is 1.10 bits per heavy atom. The van der Waals surface area contributed by atoms with Crippen LogP contribution in [0.2, 0.25) is 0 Å². The van der Waals surface area contributed by atoms with Crippen LogP contribution in [0.5, 0.6) is 5.75 Å². The second kappa shape index (κ2) is 7.85. The average Bonchev–Trinajstić information content (AvgIpc) is 3.27. The molecule has 1 aromatic heterocycles. The van der Waals surface area contributed by atoms with E-state index in [0.29, 0.717) is 13.1 Å². The monoisotopic (exact) mass is 404 g/mol. The zero-order valence-corrected chi connectivity index (χ0v) is 17.4. The van der Waals surface area contributed by atoms with Crippen LogP contribution in [-0.4, -0.2) is 38.7 Å². The molecule has 0 amide bonds. The number of aliphatic hydroxyl groups is 1. The van der Waals surface area contributed by atoms with Crippen molar-refractivity contribution in [3.63, 3.8) is 0 Å². The summed E-state index contributed by atoms with van der Waals surface area (Å²) >= 11 is 0. The third-order valence-electron chi connectivity index (χ3n) is 6.71. The second-order valence-corrected chi connectivity index (χ2v) is 8.43. The smallest absolute Gasteiger partial charge is 0.121 e. The molecule has 1 saturated carbocycles. The average molecular weight is 405 g/mol. The highest BCUT2D eigenvalue weighted by atomic mass is 16.5. The zero-order valence-electron chi connectivity index (χ0n) is 17.4. The number of benzene rings is 2. The maximum atomic E-state index is 10.9. The number of rotatable bonds is 4. The van der Waals surface area contributed by atoms with E-state index in [4.69, 9.17) is 4.74 Å². The van der Waals surface area contributed by atoms with Gasteiger partial charge < -0.3 is 9.84 Å². The molecule has 2 aliphatic rings. The van der Waals surface area contributed by atoms with Gasteiger partial charge in [0.2, 0.25) is 0 Å². The Hall–Kier alpha value is -2.70. The number of hydrogen-bond donors (Lipinski definition) is 1. The van der Waals surface area contributed by atoms with Gasteiger partial charge in [-0.2, -0.15) is 0 Å². The largest absolute Gasteiger partial charge is 0.497 e. The maximum Gasteiger partial charge on any atom is 0.121 e. The van der Waals surface area contributed by atoms with Crippen LogP contribution in [0.1, 0.15) is 55.0 Å². The summed E-state index contributed by atoms with van der Waals surface area (Å²) in [5.41, 5.74) is 4.20. The van der Waals surface area contributed by atoms with Crippen LogP contribution in [0.15, 0.2) is 54.7 Å². The Bertz CT molecular complexity index is 1030. The number of hydrogen-bond acceptors (Lipinski definition) is 5. The van der Waals surface area contributed by atoms with E-state index in [1.54, 1.807) is 11.8 Å². The topological polar surface area (TPSA) is 63.4 Å². The van der Waals surface area contributed by atoms with Gasteiger partial charge in [0.25, 0.3) is 0 Å². The first-order chi connectivity index (χ1) is 14.7. The van der Waals surface area contributed by atoms with Crippen molar-refractivity contribution in [1.29, 1.82) is 0 Å². The maximum absolute atomic E-state index is 10.9. The Morgan fingerprint density at radius 3 is 2.77 bits per heavy atom. The van der Waals surface area contributed by atoms with E-state index in [9.17, 15) is 5.11 Å². The molecule has 2 heterocycles. The van der Waals surface area contributed by atoms with Gasteiger partial charge in [-0.15, -0.1) is 5.10 Å². The highest BCUT2D eigenvalue weighted by Crippen LogP contribution is 2.48. The number of fused-ring (bicyclic) bond motifs is 2. The molecule has 1 N–H and O–H groups in total. The van der Waals surface area contributed by atoms with Crippen molar-refractivity contribution < 1.29 is 9.84 Å². The molecule has 0 saturated heterocycles. The van der Waals surface area contributed by atoms with Gasteiger partial charge in [-0.05, 0) is 36.1 Å². The van der Waals surface area contributed by atoms with Crippen LogP contribution in [0, 0.1) is 0 Å². The van der Waals surface area contributed by atoms with E-state index >= 15 is 0 Å². The molecule has 3 aromatic rings. The number of β-amino-alcohol motifs (C(OH)–C–C–N with tert-alkyl or cyclic N) is 1. The van der Waals surface area contributed by atoms with Crippen molar-refractivity contribution in [2.24, 2.45) is 0 Å². The van der Waals surface area contributed by atoms with Crippen molar-refractivity contribution in [2.75, 3.05) is 13.7 Å². The molecule has 6 nitrogen and oxygen atoms in total. The van der Waals surface area contributed by atoms with Crippen LogP contribution in [0.4, 0.5) is 0 Å². The molecule has 6 heteroatoms. The molecule has 1 aliphatic heterocycles. The lowest BCUT2D eigenvalue weighted by Crippen LogP contribution is -2.52. The van der Waals surface area contributed by atoms with Crippen molar-refractivity contribution in [2.45, 2.75) is 50.3 Å². The first kappa shape index (κ1) is 19.3. The van der Waals surface area contributed by atoms with Gasteiger partial charge in [-0.3, -0.25) is 4.90 Å². The predicted molar refractivity (Wildman–Crippen MR) is 114 cm³/mol. The minimum atomic E-state index is -0.470. The molecular formula is C24H28N4O2. The molecule has 1 atom stereocenters. The fraction of sp³-hybridized carbons (Fsp3) is 0.417.